The van der Waals surface area contributed by atoms with Gasteiger partial charge in [0.15, 0.2) is 5.82 Å². The van der Waals surface area contributed by atoms with Gasteiger partial charge in [0.25, 0.3) is 5.91 Å². The number of halogens is 3. The van der Waals surface area contributed by atoms with Gasteiger partial charge in [0.05, 0.1) is 34.4 Å². The summed E-state index contributed by atoms with van der Waals surface area (Å²) in [4.78, 5) is 29.8. The highest BCUT2D eigenvalue weighted by molar-refractivity contribution is 7.91. The number of rotatable bonds is 6. The normalized spacial score (nSPS) is 17.0. The van der Waals surface area contributed by atoms with Gasteiger partial charge in [-0.25, -0.2) is 22.6 Å². The first kappa shape index (κ1) is 25.7. The van der Waals surface area contributed by atoms with Crippen LogP contribution < -0.4 is 15.7 Å². The van der Waals surface area contributed by atoms with Crippen LogP contribution in [0.25, 0.3) is 16.7 Å². The van der Waals surface area contributed by atoms with Crippen LogP contribution in [0, 0.1) is 5.82 Å². The predicted molar refractivity (Wildman–Crippen MR) is 126 cm³/mol. The molecular weight excluding hydrogens is 501 g/mol. The number of sulfone groups is 1. The lowest BCUT2D eigenvalue weighted by Gasteiger charge is -2.34. The molecule has 194 valence electrons. The second-order valence-electron chi connectivity index (χ2n) is 9.30. The summed E-state index contributed by atoms with van der Waals surface area (Å²) >= 11 is 0. The summed E-state index contributed by atoms with van der Waals surface area (Å²) in [6.07, 6.45) is 1.24. The number of ether oxygens (including phenoxy) is 1. The van der Waals surface area contributed by atoms with Crippen LogP contribution in [0.4, 0.5) is 13.2 Å². The van der Waals surface area contributed by atoms with Gasteiger partial charge >= 0.3 is 12.3 Å². The fourth-order valence-electron chi connectivity index (χ4n) is 4.29. The van der Waals surface area contributed by atoms with E-state index < -0.39 is 45.3 Å². The van der Waals surface area contributed by atoms with Gasteiger partial charge in [0.1, 0.15) is 9.84 Å². The Morgan fingerprint density at radius 1 is 1.17 bits per heavy atom. The zero-order chi connectivity index (χ0) is 26.4. The molecule has 0 radical (unpaired) electrons. The van der Waals surface area contributed by atoms with Gasteiger partial charge in [0.2, 0.25) is 5.88 Å². The minimum absolute atomic E-state index is 0.0205. The number of pyridine rings is 1. The standard InChI is InChI=1S/C23H25F3N4O5S/c1-13(2)29-18-10-14(20(31)28-23(3)6-8-36(33,34)9-7-23)4-5-16(18)30(22(29)32)17-11-19(35-21(25)26)27-12-15(17)24/h4-5,10-13,21H,6-9H2,1-3H3,(H,28,31). The monoisotopic (exact) mass is 526 g/mol. The van der Waals surface area contributed by atoms with E-state index in [0.29, 0.717) is 11.7 Å². The Morgan fingerprint density at radius 3 is 2.44 bits per heavy atom. The van der Waals surface area contributed by atoms with Crippen LogP contribution >= 0.6 is 0 Å². The van der Waals surface area contributed by atoms with Crippen molar-refractivity contribution in [2.45, 2.75) is 51.8 Å². The van der Waals surface area contributed by atoms with E-state index in [9.17, 15) is 31.2 Å². The Hall–Kier alpha value is -3.35. The molecule has 0 saturated carbocycles. The SMILES string of the molecule is CC(C)n1c(=O)n(-c2cc(OC(F)F)ncc2F)c2ccc(C(=O)NC3(C)CCS(=O)(=O)CC3)cc21. The molecule has 1 amide bonds. The molecule has 9 nitrogen and oxygen atoms in total. The van der Waals surface area contributed by atoms with Crippen LogP contribution in [0.5, 0.6) is 5.88 Å². The van der Waals surface area contributed by atoms with Gasteiger partial charge in [-0.15, -0.1) is 0 Å². The highest BCUT2D eigenvalue weighted by Crippen LogP contribution is 2.27. The lowest BCUT2D eigenvalue weighted by Crippen LogP contribution is -2.50. The number of imidazole rings is 1. The van der Waals surface area contributed by atoms with Crippen molar-refractivity contribution < 1.29 is 31.1 Å². The van der Waals surface area contributed by atoms with E-state index in [4.69, 9.17) is 0 Å². The predicted octanol–water partition coefficient (Wildman–Crippen LogP) is 3.21. The van der Waals surface area contributed by atoms with Gasteiger partial charge in [-0.3, -0.25) is 13.9 Å². The molecule has 3 aromatic rings. The van der Waals surface area contributed by atoms with Crippen molar-refractivity contribution in [1.29, 1.82) is 0 Å². The Labute approximate surface area is 204 Å². The largest absolute Gasteiger partial charge is 0.417 e. The van der Waals surface area contributed by atoms with Gasteiger partial charge in [-0.2, -0.15) is 8.78 Å². The fraction of sp³-hybridized carbons (Fsp3) is 0.435. The molecule has 1 N–H and O–H groups in total. The third kappa shape index (κ3) is 4.97. The van der Waals surface area contributed by atoms with Crippen LogP contribution in [0.15, 0.2) is 35.3 Å². The average Bonchev–Trinajstić information content (AvgIpc) is 3.08. The first-order valence-electron chi connectivity index (χ1n) is 11.2. The average molecular weight is 527 g/mol. The highest BCUT2D eigenvalue weighted by Gasteiger charge is 2.35. The number of aromatic nitrogens is 3. The lowest BCUT2D eigenvalue weighted by molar-refractivity contribution is -0.0529. The number of alkyl halides is 2. The molecule has 1 fully saturated rings. The van der Waals surface area contributed by atoms with Crippen LogP contribution in [0.3, 0.4) is 0 Å². The van der Waals surface area contributed by atoms with E-state index >= 15 is 0 Å². The fourth-order valence-corrected chi connectivity index (χ4v) is 6.02. The first-order chi connectivity index (χ1) is 16.8. The van der Waals surface area contributed by atoms with Gasteiger partial charge in [-0.05, 0) is 51.8 Å². The minimum atomic E-state index is -3.18. The van der Waals surface area contributed by atoms with Gasteiger partial charge in [-0.1, -0.05) is 0 Å². The molecule has 2 aromatic heterocycles. The van der Waals surface area contributed by atoms with Crippen molar-refractivity contribution in [3.63, 3.8) is 0 Å². The molecular formula is C23H25F3N4O5S. The van der Waals surface area contributed by atoms with Gasteiger partial charge < -0.3 is 10.1 Å². The van der Waals surface area contributed by atoms with Crippen LogP contribution in [0.1, 0.15) is 50.0 Å². The molecule has 36 heavy (non-hydrogen) atoms. The van der Waals surface area contributed by atoms with Crippen molar-refractivity contribution in [1.82, 2.24) is 19.4 Å². The van der Waals surface area contributed by atoms with E-state index in [2.05, 4.69) is 15.0 Å². The minimum Gasteiger partial charge on any atom is -0.417 e. The lowest BCUT2D eigenvalue weighted by atomic mass is 9.94. The summed E-state index contributed by atoms with van der Waals surface area (Å²) in [5.74, 6) is -1.97. The number of fused-ring (bicyclic) bond motifs is 1. The number of amides is 1. The Morgan fingerprint density at radius 2 is 1.83 bits per heavy atom. The van der Waals surface area contributed by atoms with E-state index in [1.54, 1.807) is 20.8 Å². The molecule has 3 heterocycles. The van der Waals surface area contributed by atoms with E-state index in [0.717, 1.165) is 10.6 Å². The number of nitrogens with one attached hydrogen (secondary N) is 1. The number of carbonyl (C=O) groups excluding carboxylic acids is 1. The van der Waals surface area contributed by atoms with Crippen LogP contribution in [-0.2, 0) is 9.84 Å². The first-order valence-corrected chi connectivity index (χ1v) is 13.0. The van der Waals surface area contributed by atoms with Crippen molar-refractivity contribution in [3.8, 4) is 11.6 Å². The van der Waals surface area contributed by atoms with E-state index in [1.165, 1.54) is 22.8 Å². The summed E-state index contributed by atoms with van der Waals surface area (Å²) in [5.41, 5.74) is -0.888. The van der Waals surface area contributed by atoms with Crippen molar-refractivity contribution in [2.24, 2.45) is 0 Å². The van der Waals surface area contributed by atoms with Crippen LogP contribution in [0.2, 0.25) is 0 Å². The zero-order valence-corrected chi connectivity index (χ0v) is 20.6. The zero-order valence-electron chi connectivity index (χ0n) is 19.8. The maximum Gasteiger partial charge on any atom is 0.388 e. The third-order valence-electron chi connectivity index (χ3n) is 6.26. The molecule has 4 rings (SSSR count). The maximum absolute atomic E-state index is 14.7. The molecule has 0 unspecified atom stereocenters. The highest BCUT2D eigenvalue weighted by atomic mass is 32.2. The van der Waals surface area contributed by atoms with Crippen LogP contribution in [-0.4, -0.2) is 52.1 Å². The summed E-state index contributed by atoms with van der Waals surface area (Å²) in [6, 6.07) is 4.93. The smallest absolute Gasteiger partial charge is 0.388 e. The summed E-state index contributed by atoms with van der Waals surface area (Å²) in [6.45, 7) is 2.06. The van der Waals surface area contributed by atoms with Crippen molar-refractivity contribution >= 4 is 26.8 Å². The molecule has 0 bridgehead atoms. The van der Waals surface area contributed by atoms with Crippen molar-refractivity contribution in [2.75, 3.05) is 11.5 Å². The second kappa shape index (κ2) is 9.26. The number of nitrogens with zero attached hydrogens (tertiary/aromatic N) is 3. The Kier molecular flexibility index (Phi) is 6.62. The molecule has 13 heteroatoms. The summed E-state index contributed by atoms with van der Waals surface area (Å²) < 4.78 is 70.2. The number of hydrogen-bond acceptors (Lipinski definition) is 6. The van der Waals surface area contributed by atoms with E-state index in [-0.39, 0.29) is 47.2 Å². The quantitative estimate of drug-likeness (QED) is 0.528. The summed E-state index contributed by atoms with van der Waals surface area (Å²) in [7, 11) is -3.12. The molecule has 0 spiro atoms. The maximum atomic E-state index is 14.7. The molecule has 1 saturated heterocycles. The molecule has 1 aliphatic heterocycles. The topological polar surface area (TPSA) is 112 Å². The second-order valence-corrected chi connectivity index (χ2v) is 11.6. The van der Waals surface area contributed by atoms with Gasteiger partial charge in [0, 0.05) is 23.2 Å². The Balaban J connectivity index is 1.77. The summed E-state index contributed by atoms with van der Waals surface area (Å²) in [5, 5.41) is 2.90. The molecule has 0 aliphatic carbocycles. The van der Waals surface area contributed by atoms with E-state index in [1.807, 2.05) is 0 Å². The van der Waals surface area contributed by atoms with Crippen molar-refractivity contribution in [3.05, 3.63) is 52.3 Å². The molecule has 0 atom stereocenters. The number of benzene rings is 1. The molecule has 1 aromatic carbocycles. The number of carbonyl (C=O) groups is 1. The molecule has 1 aliphatic rings. The Bertz CT molecular complexity index is 1480. The third-order valence-corrected chi connectivity index (χ3v) is 7.91. The number of hydrogen-bond donors (Lipinski definition) is 1.